The number of imidazole rings is 1. The number of rotatable bonds is 3. The molecule has 0 amide bonds. The molecule has 2 aromatic heterocycles. The van der Waals surface area contributed by atoms with E-state index in [-0.39, 0.29) is 11.2 Å². The summed E-state index contributed by atoms with van der Waals surface area (Å²) in [6.07, 6.45) is 5.39. The molecule has 1 saturated heterocycles. The number of nitrogens with zero attached hydrogens (tertiary/aromatic N) is 6. The quantitative estimate of drug-likeness (QED) is 0.676. The fourth-order valence-electron chi connectivity index (χ4n) is 3.22. The zero-order valence-electron chi connectivity index (χ0n) is 15.3. The molecule has 0 aromatic carbocycles. The lowest BCUT2D eigenvalue weighted by Crippen LogP contribution is -2.47. The summed E-state index contributed by atoms with van der Waals surface area (Å²) in [4.78, 5) is 33.9. The van der Waals surface area contributed by atoms with Crippen LogP contribution in [0.25, 0.3) is 11.2 Å². The molecule has 0 bridgehead atoms. The van der Waals surface area contributed by atoms with E-state index >= 15 is 0 Å². The molecule has 0 unspecified atom stereocenters. The molecule has 0 atom stereocenters. The molecule has 0 N–H and O–H groups in total. The summed E-state index contributed by atoms with van der Waals surface area (Å²) in [5.74, 6) is 9.20. The van der Waals surface area contributed by atoms with Crippen LogP contribution in [0.1, 0.15) is 6.92 Å². The zero-order valence-corrected chi connectivity index (χ0v) is 15.3. The minimum atomic E-state index is -0.390. The lowest BCUT2D eigenvalue weighted by atomic mass is 10.3. The Hall–Kier alpha value is -2.97. The van der Waals surface area contributed by atoms with Crippen LogP contribution in [-0.4, -0.2) is 56.3 Å². The summed E-state index contributed by atoms with van der Waals surface area (Å²) in [6, 6.07) is 0. The summed E-state index contributed by atoms with van der Waals surface area (Å²) in [5, 5.41) is 0. The van der Waals surface area contributed by atoms with Crippen molar-refractivity contribution in [1.29, 1.82) is 0 Å². The Morgan fingerprint density at radius 3 is 2.38 bits per heavy atom. The van der Waals surface area contributed by atoms with Crippen LogP contribution in [0, 0.1) is 24.2 Å². The largest absolute Gasteiger partial charge is 0.340 e. The first-order valence-corrected chi connectivity index (χ1v) is 8.46. The Morgan fingerprint density at radius 1 is 1.08 bits per heavy atom. The average molecular weight is 354 g/mol. The highest BCUT2D eigenvalue weighted by Gasteiger charge is 2.25. The van der Waals surface area contributed by atoms with Crippen molar-refractivity contribution >= 4 is 17.1 Å². The van der Waals surface area contributed by atoms with Crippen LogP contribution < -0.4 is 16.1 Å². The van der Waals surface area contributed by atoms with Crippen molar-refractivity contribution in [3.05, 3.63) is 20.8 Å². The molecule has 2 aromatic rings. The number of fused-ring (bicyclic) bond motifs is 1. The number of terminal acetylenes is 1. The molecule has 3 rings (SSSR count). The first kappa shape index (κ1) is 17.8. The Kier molecular flexibility index (Phi) is 4.88. The van der Waals surface area contributed by atoms with E-state index in [0.717, 1.165) is 30.7 Å². The smallest absolute Gasteiger partial charge is 0.332 e. The van der Waals surface area contributed by atoms with Crippen LogP contribution in [-0.2, 0) is 20.6 Å². The highest BCUT2D eigenvalue weighted by molar-refractivity contribution is 5.74. The van der Waals surface area contributed by atoms with Gasteiger partial charge < -0.3 is 4.90 Å². The molecule has 1 aliphatic rings. The van der Waals surface area contributed by atoms with Crippen molar-refractivity contribution in [1.82, 2.24) is 23.6 Å². The molecule has 0 saturated carbocycles. The van der Waals surface area contributed by atoms with Crippen LogP contribution in [0.15, 0.2) is 9.59 Å². The molecule has 26 heavy (non-hydrogen) atoms. The van der Waals surface area contributed by atoms with Gasteiger partial charge in [0.15, 0.2) is 11.2 Å². The minimum absolute atomic E-state index is 0.348. The summed E-state index contributed by atoms with van der Waals surface area (Å²) < 4.78 is 4.32. The van der Waals surface area contributed by atoms with Crippen molar-refractivity contribution in [2.45, 2.75) is 13.5 Å². The monoisotopic (exact) mass is 354 g/mol. The average Bonchev–Trinajstić information content (AvgIpc) is 3.03. The number of aromatic nitrogens is 4. The van der Waals surface area contributed by atoms with Crippen LogP contribution >= 0.6 is 0 Å². The van der Waals surface area contributed by atoms with Gasteiger partial charge in [-0.1, -0.05) is 11.8 Å². The molecule has 136 valence electrons. The zero-order chi connectivity index (χ0) is 18.8. The van der Waals surface area contributed by atoms with E-state index in [1.165, 1.54) is 11.6 Å². The second-order valence-electron chi connectivity index (χ2n) is 6.27. The maximum absolute atomic E-state index is 12.7. The third kappa shape index (κ3) is 2.89. The fraction of sp³-hybridized carbons (Fsp3) is 0.500. The molecule has 1 aliphatic heterocycles. The van der Waals surface area contributed by atoms with E-state index in [4.69, 9.17) is 6.42 Å². The van der Waals surface area contributed by atoms with Gasteiger partial charge in [0.2, 0.25) is 5.95 Å². The molecule has 0 aliphatic carbocycles. The maximum atomic E-state index is 12.7. The third-order valence-corrected chi connectivity index (χ3v) is 4.71. The lowest BCUT2D eigenvalue weighted by molar-refractivity contribution is 0.286. The van der Waals surface area contributed by atoms with Gasteiger partial charge in [-0.3, -0.25) is 23.4 Å². The molecule has 1 fully saturated rings. The Balaban J connectivity index is 2.13. The predicted molar refractivity (Wildman–Crippen MR) is 101 cm³/mol. The predicted octanol–water partition coefficient (Wildman–Crippen LogP) is -0.788. The molecular weight excluding hydrogens is 332 g/mol. The van der Waals surface area contributed by atoms with Crippen molar-refractivity contribution in [3.63, 3.8) is 0 Å². The summed E-state index contributed by atoms with van der Waals surface area (Å²) in [7, 11) is 3.10. The fourth-order valence-corrected chi connectivity index (χ4v) is 3.22. The van der Waals surface area contributed by atoms with E-state index in [1.54, 1.807) is 14.0 Å². The van der Waals surface area contributed by atoms with Gasteiger partial charge in [0.05, 0.1) is 13.1 Å². The highest BCUT2D eigenvalue weighted by Crippen LogP contribution is 2.20. The first-order valence-electron chi connectivity index (χ1n) is 8.46. The van der Waals surface area contributed by atoms with E-state index in [1.807, 2.05) is 4.57 Å². The van der Waals surface area contributed by atoms with Gasteiger partial charge in [-0.05, 0) is 6.92 Å². The Bertz CT molecular complexity index is 1050. The molecule has 8 heteroatoms. The van der Waals surface area contributed by atoms with Crippen molar-refractivity contribution in [2.24, 2.45) is 14.1 Å². The van der Waals surface area contributed by atoms with E-state index in [9.17, 15) is 9.59 Å². The molecule has 0 spiro atoms. The van der Waals surface area contributed by atoms with Gasteiger partial charge in [-0.15, -0.1) is 12.3 Å². The summed E-state index contributed by atoms with van der Waals surface area (Å²) >= 11 is 0. The van der Waals surface area contributed by atoms with Gasteiger partial charge in [-0.25, -0.2) is 4.79 Å². The van der Waals surface area contributed by atoms with Gasteiger partial charge in [0, 0.05) is 40.3 Å². The van der Waals surface area contributed by atoms with Crippen molar-refractivity contribution < 1.29 is 0 Å². The van der Waals surface area contributed by atoms with Crippen LogP contribution in [0.2, 0.25) is 0 Å². The third-order valence-electron chi connectivity index (χ3n) is 4.71. The molecular formula is C18H22N6O2. The lowest BCUT2D eigenvalue weighted by Gasteiger charge is -2.34. The molecule has 3 heterocycles. The SMILES string of the molecule is C#CCN1CCN(c2nc3c(c(=O)n(C)c(=O)n3C)n2CC#CC)CC1. The Morgan fingerprint density at radius 2 is 1.77 bits per heavy atom. The van der Waals surface area contributed by atoms with Gasteiger partial charge in [-0.2, -0.15) is 4.98 Å². The van der Waals surface area contributed by atoms with Crippen LogP contribution in [0.5, 0.6) is 0 Å². The Labute approximate surface area is 151 Å². The van der Waals surface area contributed by atoms with Crippen molar-refractivity contribution in [2.75, 3.05) is 37.6 Å². The minimum Gasteiger partial charge on any atom is -0.340 e. The molecule has 8 nitrogen and oxygen atoms in total. The van der Waals surface area contributed by atoms with Crippen molar-refractivity contribution in [3.8, 4) is 24.2 Å². The normalized spacial score (nSPS) is 14.9. The second kappa shape index (κ2) is 7.11. The number of aryl methyl sites for hydroxylation is 1. The molecule has 0 radical (unpaired) electrons. The van der Waals surface area contributed by atoms with E-state index < -0.39 is 0 Å². The standard InChI is InChI=1S/C18H22N6O2/c1-5-7-9-24-14-15(20(3)18(26)21(4)16(14)25)19-17(24)23-12-10-22(8-6-2)11-13-23/h2H,8-13H2,1,3-4H3. The van der Waals surface area contributed by atoms with Gasteiger partial charge >= 0.3 is 5.69 Å². The second-order valence-corrected chi connectivity index (χ2v) is 6.27. The number of hydrogen-bond acceptors (Lipinski definition) is 5. The summed E-state index contributed by atoms with van der Waals surface area (Å²) in [5.41, 5.74) is 0.0419. The van der Waals surface area contributed by atoms with Gasteiger partial charge in [0.25, 0.3) is 5.56 Å². The van der Waals surface area contributed by atoms with Gasteiger partial charge in [0.1, 0.15) is 0 Å². The topological polar surface area (TPSA) is 68.3 Å². The first-order chi connectivity index (χ1) is 12.5. The number of anilines is 1. The van der Waals surface area contributed by atoms with Crippen LogP contribution in [0.4, 0.5) is 5.95 Å². The summed E-state index contributed by atoms with van der Waals surface area (Å²) in [6.45, 7) is 5.87. The maximum Gasteiger partial charge on any atom is 0.332 e. The number of hydrogen-bond donors (Lipinski definition) is 0. The number of piperazine rings is 1. The van der Waals surface area contributed by atoms with E-state index in [2.05, 4.69) is 32.5 Å². The highest BCUT2D eigenvalue weighted by atomic mass is 16.2. The van der Waals surface area contributed by atoms with Crippen LogP contribution in [0.3, 0.4) is 0 Å². The van der Waals surface area contributed by atoms with E-state index in [0.29, 0.717) is 30.2 Å².